The minimum atomic E-state index is -1.44. The SMILES string of the molecule is CC(C)(C)C1(O)CCP(=S)(c2ccccc2)CC1. The van der Waals surface area contributed by atoms with E-state index < -0.39 is 11.6 Å². The summed E-state index contributed by atoms with van der Waals surface area (Å²) in [5.74, 6) is 0. The summed E-state index contributed by atoms with van der Waals surface area (Å²) in [6.07, 6.45) is 3.70. The molecule has 0 amide bonds. The lowest BCUT2D eigenvalue weighted by Crippen LogP contribution is -2.47. The number of hydrogen-bond donors (Lipinski definition) is 1. The molecular weight excluding hydrogens is 259 g/mol. The zero-order valence-electron chi connectivity index (χ0n) is 11.5. The molecule has 0 atom stereocenters. The lowest BCUT2D eigenvalue weighted by molar-refractivity contribution is -0.0646. The van der Waals surface area contributed by atoms with Crippen molar-refractivity contribution in [2.45, 2.75) is 39.2 Å². The second-order valence-electron chi connectivity index (χ2n) is 6.45. The summed E-state index contributed by atoms with van der Waals surface area (Å²) in [6.45, 7) is 6.39. The van der Waals surface area contributed by atoms with Gasteiger partial charge in [0.25, 0.3) is 0 Å². The maximum atomic E-state index is 10.8. The predicted octanol–water partition coefficient (Wildman–Crippen LogP) is 3.36. The standard InChI is InChI=1S/C15H23OPS/c1-14(2,3)15(16)9-11-17(18,12-10-15)13-7-5-4-6-8-13/h4-8,16H,9-12H2,1-3H3. The van der Waals surface area contributed by atoms with Gasteiger partial charge in [0.05, 0.1) is 5.60 Å². The molecule has 3 heteroatoms. The molecule has 1 saturated heterocycles. The molecule has 1 nitrogen and oxygen atoms in total. The van der Waals surface area contributed by atoms with E-state index in [1.807, 2.05) is 6.07 Å². The van der Waals surface area contributed by atoms with E-state index in [2.05, 4.69) is 45.0 Å². The van der Waals surface area contributed by atoms with E-state index in [4.69, 9.17) is 11.8 Å². The normalized spacial score (nSPS) is 33.3. The second kappa shape index (κ2) is 4.74. The van der Waals surface area contributed by atoms with Crippen molar-refractivity contribution in [1.29, 1.82) is 0 Å². The number of benzene rings is 1. The summed E-state index contributed by atoms with van der Waals surface area (Å²) >= 11 is 5.95. The molecule has 1 aliphatic heterocycles. The Bertz CT molecular complexity index is 449. The van der Waals surface area contributed by atoms with Gasteiger partial charge in [-0.25, -0.2) is 0 Å². The van der Waals surface area contributed by atoms with Crippen LogP contribution in [0.25, 0.3) is 0 Å². The van der Waals surface area contributed by atoms with Crippen LogP contribution in [0, 0.1) is 5.41 Å². The Morgan fingerprint density at radius 1 is 1.11 bits per heavy atom. The van der Waals surface area contributed by atoms with E-state index in [1.165, 1.54) is 5.30 Å². The van der Waals surface area contributed by atoms with Gasteiger partial charge in [0.15, 0.2) is 0 Å². The third-order valence-electron chi connectivity index (χ3n) is 4.40. The molecule has 0 aliphatic carbocycles. The third kappa shape index (κ3) is 2.57. The van der Waals surface area contributed by atoms with Crippen LogP contribution in [0.1, 0.15) is 33.6 Å². The van der Waals surface area contributed by atoms with Gasteiger partial charge in [0, 0.05) is 0 Å². The number of rotatable bonds is 1. The van der Waals surface area contributed by atoms with Gasteiger partial charge in [0.2, 0.25) is 0 Å². The molecule has 0 spiro atoms. The van der Waals surface area contributed by atoms with Crippen LogP contribution in [0.2, 0.25) is 0 Å². The van der Waals surface area contributed by atoms with Gasteiger partial charge in [-0.15, -0.1) is 0 Å². The van der Waals surface area contributed by atoms with Crippen molar-refractivity contribution in [2.75, 3.05) is 12.3 Å². The van der Waals surface area contributed by atoms with Gasteiger partial charge < -0.3 is 5.11 Å². The van der Waals surface area contributed by atoms with Crippen molar-refractivity contribution in [3.05, 3.63) is 30.3 Å². The molecule has 1 aromatic carbocycles. The Balaban J connectivity index is 2.18. The Morgan fingerprint density at radius 2 is 1.61 bits per heavy atom. The van der Waals surface area contributed by atoms with Crippen molar-refractivity contribution in [3.8, 4) is 0 Å². The molecule has 1 aliphatic rings. The molecule has 2 rings (SSSR count). The minimum Gasteiger partial charge on any atom is -0.389 e. The van der Waals surface area contributed by atoms with Gasteiger partial charge in [-0.3, -0.25) is 0 Å². The van der Waals surface area contributed by atoms with Crippen LogP contribution < -0.4 is 5.30 Å². The second-order valence-corrected chi connectivity index (χ2v) is 11.7. The van der Waals surface area contributed by atoms with E-state index in [0.29, 0.717) is 0 Å². The molecule has 18 heavy (non-hydrogen) atoms. The molecule has 1 fully saturated rings. The quantitative estimate of drug-likeness (QED) is 0.797. The zero-order valence-corrected chi connectivity index (χ0v) is 13.2. The highest BCUT2D eigenvalue weighted by molar-refractivity contribution is 8.18. The van der Waals surface area contributed by atoms with Crippen LogP contribution in [0.3, 0.4) is 0 Å². The topological polar surface area (TPSA) is 20.2 Å². The van der Waals surface area contributed by atoms with Gasteiger partial charge in [-0.05, 0) is 41.9 Å². The first-order valence-corrected chi connectivity index (χ1v) is 9.80. The molecule has 0 aromatic heterocycles. The Labute approximate surface area is 116 Å². The van der Waals surface area contributed by atoms with E-state index in [9.17, 15) is 5.11 Å². The van der Waals surface area contributed by atoms with Gasteiger partial charge >= 0.3 is 0 Å². The third-order valence-corrected chi connectivity index (χ3v) is 9.26. The fourth-order valence-electron chi connectivity index (χ4n) is 2.68. The predicted molar refractivity (Wildman–Crippen MR) is 83.7 cm³/mol. The molecule has 0 saturated carbocycles. The summed E-state index contributed by atoms with van der Waals surface area (Å²) in [6, 6.07) is 9.09. The Morgan fingerprint density at radius 3 is 2.06 bits per heavy atom. The average molecular weight is 282 g/mol. The monoisotopic (exact) mass is 282 g/mol. The van der Waals surface area contributed by atoms with E-state index in [1.54, 1.807) is 0 Å². The molecule has 0 bridgehead atoms. The highest BCUT2D eigenvalue weighted by atomic mass is 32.4. The van der Waals surface area contributed by atoms with Crippen molar-refractivity contribution < 1.29 is 5.11 Å². The summed E-state index contributed by atoms with van der Waals surface area (Å²) < 4.78 is 0. The number of aliphatic hydroxyl groups is 1. The minimum absolute atomic E-state index is 0.0513. The van der Waals surface area contributed by atoms with Crippen molar-refractivity contribution >= 4 is 23.1 Å². The average Bonchev–Trinajstić information content (AvgIpc) is 2.33. The fraction of sp³-hybridized carbons (Fsp3) is 0.600. The van der Waals surface area contributed by atoms with E-state index in [0.717, 1.165) is 25.2 Å². The van der Waals surface area contributed by atoms with Crippen LogP contribution in [-0.2, 0) is 11.8 Å². The van der Waals surface area contributed by atoms with Gasteiger partial charge in [-0.1, -0.05) is 62.9 Å². The smallest absolute Gasteiger partial charge is 0.0703 e. The van der Waals surface area contributed by atoms with Crippen LogP contribution >= 0.6 is 6.04 Å². The Hall–Kier alpha value is -0.170. The Kier molecular flexibility index (Phi) is 3.75. The van der Waals surface area contributed by atoms with E-state index in [-0.39, 0.29) is 5.41 Å². The first-order chi connectivity index (χ1) is 8.27. The van der Waals surface area contributed by atoms with Gasteiger partial charge in [-0.2, -0.15) is 0 Å². The first-order valence-electron chi connectivity index (χ1n) is 6.63. The summed E-state index contributed by atoms with van der Waals surface area (Å²) in [5.41, 5.74) is -0.589. The molecule has 0 radical (unpaired) electrons. The van der Waals surface area contributed by atoms with Crippen LogP contribution in [0.4, 0.5) is 0 Å². The lowest BCUT2D eigenvalue weighted by Gasteiger charge is -2.46. The van der Waals surface area contributed by atoms with Crippen molar-refractivity contribution in [1.82, 2.24) is 0 Å². The highest BCUT2D eigenvalue weighted by Gasteiger charge is 2.44. The van der Waals surface area contributed by atoms with Gasteiger partial charge in [0.1, 0.15) is 0 Å². The lowest BCUT2D eigenvalue weighted by atomic mass is 9.73. The molecule has 1 aromatic rings. The zero-order chi connectivity index (χ0) is 13.4. The molecular formula is C15H23OPS. The summed E-state index contributed by atoms with van der Waals surface area (Å²) in [5, 5.41) is 12.1. The molecule has 100 valence electrons. The summed E-state index contributed by atoms with van der Waals surface area (Å²) in [4.78, 5) is 0. The van der Waals surface area contributed by atoms with Crippen LogP contribution in [-0.4, -0.2) is 23.0 Å². The van der Waals surface area contributed by atoms with Crippen molar-refractivity contribution in [3.63, 3.8) is 0 Å². The molecule has 0 unspecified atom stereocenters. The summed E-state index contributed by atoms with van der Waals surface area (Å²) in [7, 11) is 0. The first kappa shape index (κ1) is 14.2. The van der Waals surface area contributed by atoms with E-state index >= 15 is 0 Å². The molecule has 1 N–H and O–H groups in total. The fourth-order valence-corrected chi connectivity index (χ4v) is 6.51. The molecule has 1 heterocycles. The largest absolute Gasteiger partial charge is 0.389 e. The maximum Gasteiger partial charge on any atom is 0.0703 e. The van der Waals surface area contributed by atoms with Crippen LogP contribution in [0.5, 0.6) is 0 Å². The highest BCUT2D eigenvalue weighted by Crippen LogP contribution is 2.55. The van der Waals surface area contributed by atoms with Crippen molar-refractivity contribution in [2.24, 2.45) is 5.41 Å². The van der Waals surface area contributed by atoms with Crippen LogP contribution in [0.15, 0.2) is 30.3 Å². The number of hydrogen-bond acceptors (Lipinski definition) is 2. The maximum absolute atomic E-state index is 10.8.